The Bertz CT molecular complexity index is 588. The molecule has 3 fully saturated rings. The normalized spacial score (nSPS) is 22.5. The van der Waals surface area contributed by atoms with Crippen molar-refractivity contribution in [3.63, 3.8) is 0 Å². The van der Waals surface area contributed by atoms with E-state index >= 15 is 0 Å². The van der Waals surface area contributed by atoms with E-state index in [1.807, 2.05) is 4.90 Å². The molecule has 0 bridgehead atoms. The van der Waals surface area contributed by atoms with Crippen molar-refractivity contribution in [3.8, 4) is 6.07 Å². The zero-order chi connectivity index (χ0) is 20.5. The van der Waals surface area contributed by atoms with Crippen molar-refractivity contribution in [1.29, 1.82) is 5.26 Å². The van der Waals surface area contributed by atoms with E-state index in [9.17, 15) is 9.59 Å². The van der Waals surface area contributed by atoms with Crippen LogP contribution in [0.5, 0.6) is 0 Å². The largest absolute Gasteiger partial charge is 0.433 e. The second-order valence-electron chi connectivity index (χ2n) is 8.26. The maximum atomic E-state index is 13.8. The highest BCUT2D eigenvalue weighted by Crippen LogP contribution is 2.35. The van der Waals surface area contributed by atoms with Gasteiger partial charge in [0, 0.05) is 32.1 Å². The zero-order valence-electron chi connectivity index (χ0n) is 17.4. The summed E-state index contributed by atoms with van der Waals surface area (Å²) in [6.45, 7) is 4.33. The fourth-order valence-electron chi connectivity index (χ4n) is 4.62. The number of amides is 2. The summed E-state index contributed by atoms with van der Waals surface area (Å²) in [4.78, 5) is 30.3. The van der Waals surface area contributed by atoms with E-state index in [2.05, 4.69) is 11.4 Å². The Morgan fingerprint density at radius 3 is 2.52 bits per heavy atom. The van der Waals surface area contributed by atoms with Crippen molar-refractivity contribution in [2.45, 2.75) is 69.4 Å². The number of piperidine rings is 1. The number of rotatable bonds is 6. The summed E-state index contributed by atoms with van der Waals surface area (Å²) in [7, 11) is 0. The van der Waals surface area contributed by atoms with Gasteiger partial charge in [0.2, 0.25) is 0 Å². The Balaban J connectivity index is 1.76. The van der Waals surface area contributed by atoms with Crippen LogP contribution in [0.4, 0.5) is 4.79 Å². The molecule has 3 rings (SSSR count). The number of ether oxygens (including phenoxy) is 2. The average Bonchev–Trinajstić information content (AvgIpc) is 2.78. The Morgan fingerprint density at radius 2 is 1.86 bits per heavy atom. The predicted molar refractivity (Wildman–Crippen MR) is 107 cm³/mol. The number of carbonyl (C=O) groups is 2. The summed E-state index contributed by atoms with van der Waals surface area (Å²) < 4.78 is 11.3. The smallest absolute Gasteiger partial charge is 0.410 e. The van der Waals surface area contributed by atoms with E-state index in [0.29, 0.717) is 58.5 Å². The van der Waals surface area contributed by atoms with Crippen LogP contribution in [0.2, 0.25) is 0 Å². The van der Waals surface area contributed by atoms with Crippen LogP contribution in [0.15, 0.2) is 0 Å². The molecular weight excluding hydrogens is 372 g/mol. The molecule has 0 aromatic rings. The van der Waals surface area contributed by atoms with Crippen molar-refractivity contribution in [2.75, 3.05) is 45.9 Å². The molecule has 2 heterocycles. The van der Waals surface area contributed by atoms with Gasteiger partial charge in [-0.25, -0.2) is 4.79 Å². The van der Waals surface area contributed by atoms with Crippen LogP contribution in [-0.4, -0.2) is 79.4 Å². The molecule has 8 nitrogen and oxygen atoms in total. The van der Waals surface area contributed by atoms with Crippen molar-refractivity contribution >= 4 is 12.0 Å². The van der Waals surface area contributed by atoms with Gasteiger partial charge in [-0.2, -0.15) is 5.26 Å². The molecule has 0 unspecified atom stereocenters. The van der Waals surface area contributed by atoms with Gasteiger partial charge in [-0.3, -0.25) is 4.79 Å². The Hall–Kier alpha value is -1.85. The molecule has 0 spiro atoms. The molecule has 0 atom stereocenters. The number of nitrogens with zero attached hydrogens (tertiary/aromatic N) is 3. The first-order valence-electron chi connectivity index (χ1n) is 11.1. The van der Waals surface area contributed by atoms with Crippen LogP contribution in [0.25, 0.3) is 0 Å². The topological polar surface area (TPSA) is 94.9 Å². The fourth-order valence-corrected chi connectivity index (χ4v) is 4.62. The molecular formula is C21H34N4O4. The first-order chi connectivity index (χ1) is 14.2. The van der Waals surface area contributed by atoms with E-state index in [-0.39, 0.29) is 11.9 Å². The maximum Gasteiger partial charge on any atom is 0.410 e. The molecule has 2 amide bonds. The van der Waals surface area contributed by atoms with E-state index in [0.717, 1.165) is 45.2 Å². The first kappa shape index (κ1) is 21.8. The Kier molecular flexibility index (Phi) is 8.13. The first-order valence-corrected chi connectivity index (χ1v) is 11.1. The number of hydrogen-bond donors (Lipinski definition) is 1. The van der Waals surface area contributed by atoms with Gasteiger partial charge in [0.05, 0.1) is 19.3 Å². The monoisotopic (exact) mass is 406 g/mol. The standard InChI is InChI=1S/C21H34N4O4/c22-10-4-5-13-25(18-6-11-23-12-7-18)19(26)21(8-2-1-3-9-21)29-20(27)24-14-16-28-17-15-24/h18,23H,1-9,11-17H2. The number of hydrogen-bond acceptors (Lipinski definition) is 6. The van der Waals surface area contributed by atoms with Crippen LogP contribution in [0.3, 0.4) is 0 Å². The molecule has 1 aliphatic carbocycles. The molecule has 2 aliphatic heterocycles. The molecule has 29 heavy (non-hydrogen) atoms. The van der Waals surface area contributed by atoms with Crippen LogP contribution < -0.4 is 5.32 Å². The van der Waals surface area contributed by atoms with E-state index in [1.54, 1.807) is 4.90 Å². The second-order valence-corrected chi connectivity index (χ2v) is 8.26. The third-order valence-corrected chi connectivity index (χ3v) is 6.30. The molecule has 162 valence electrons. The third kappa shape index (κ3) is 5.61. The molecule has 1 saturated carbocycles. The summed E-state index contributed by atoms with van der Waals surface area (Å²) in [5.41, 5.74) is -1.06. The lowest BCUT2D eigenvalue weighted by Crippen LogP contribution is -2.58. The lowest BCUT2D eigenvalue weighted by atomic mass is 9.82. The summed E-state index contributed by atoms with van der Waals surface area (Å²) in [5, 5.41) is 12.3. The minimum absolute atomic E-state index is 0.0522. The average molecular weight is 407 g/mol. The van der Waals surface area contributed by atoms with Gasteiger partial charge in [0.1, 0.15) is 0 Å². The van der Waals surface area contributed by atoms with Gasteiger partial charge in [-0.05, 0) is 58.0 Å². The van der Waals surface area contributed by atoms with Crippen LogP contribution in [-0.2, 0) is 14.3 Å². The van der Waals surface area contributed by atoms with E-state index in [4.69, 9.17) is 14.7 Å². The molecule has 2 saturated heterocycles. The predicted octanol–water partition coefficient (Wildman–Crippen LogP) is 2.04. The SMILES string of the molecule is N#CCCCN(C(=O)C1(OC(=O)N2CCOCC2)CCCCC1)C1CCNCC1. The molecule has 0 aromatic heterocycles. The van der Waals surface area contributed by atoms with Gasteiger partial charge in [-0.15, -0.1) is 0 Å². The quantitative estimate of drug-likeness (QED) is 0.679. The fraction of sp³-hybridized carbons (Fsp3) is 0.857. The summed E-state index contributed by atoms with van der Waals surface area (Å²) in [6.07, 6.45) is 6.48. The highest BCUT2D eigenvalue weighted by molar-refractivity contribution is 5.88. The number of morpholine rings is 1. The minimum atomic E-state index is -1.06. The van der Waals surface area contributed by atoms with E-state index in [1.165, 1.54) is 0 Å². The number of carbonyl (C=O) groups excluding carboxylic acids is 2. The van der Waals surface area contributed by atoms with Gasteiger partial charge in [0.15, 0.2) is 5.60 Å². The van der Waals surface area contributed by atoms with E-state index < -0.39 is 11.7 Å². The highest BCUT2D eigenvalue weighted by atomic mass is 16.6. The number of nitriles is 1. The molecule has 0 aromatic carbocycles. The van der Waals surface area contributed by atoms with Crippen molar-refractivity contribution < 1.29 is 19.1 Å². The van der Waals surface area contributed by atoms with Gasteiger partial charge in [0.25, 0.3) is 5.91 Å². The highest BCUT2D eigenvalue weighted by Gasteiger charge is 2.47. The maximum absolute atomic E-state index is 13.8. The van der Waals surface area contributed by atoms with Gasteiger partial charge >= 0.3 is 6.09 Å². The number of unbranched alkanes of at least 4 members (excludes halogenated alkanes) is 1. The molecule has 3 aliphatic rings. The summed E-state index contributed by atoms with van der Waals surface area (Å²) >= 11 is 0. The Labute approximate surface area is 173 Å². The van der Waals surface area contributed by atoms with Crippen LogP contribution in [0, 0.1) is 11.3 Å². The summed E-state index contributed by atoms with van der Waals surface area (Å²) in [6, 6.07) is 2.32. The van der Waals surface area contributed by atoms with Gasteiger partial charge < -0.3 is 24.6 Å². The Morgan fingerprint density at radius 1 is 1.17 bits per heavy atom. The molecule has 1 N–H and O–H groups in total. The van der Waals surface area contributed by atoms with Gasteiger partial charge in [-0.1, -0.05) is 6.42 Å². The third-order valence-electron chi connectivity index (χ3n) is 6.30. The summed E-state index contributed by atoms with van der Waals surface area (Å²) in [5.74, 6) is -0.0522. The lowest BCUT2D eigenvalue weighted by molar-refractivity contribution is -0.160. The van der Waals surface area contributed by atoms with Crippen molar-refractivity contribution in [1.82, 2.24) is 15.1 Å². The van der Waals surface area contributed by atoms with Crippen molar-refractivity contribution in [3.05, 3.63) is 0 Å². The zero-order valence-corrected chi connectivity index (χ0v) is 17.4. The molecule has 0 radical (unpaired) electrons. The second kappa shape index (κ2) is 10.8. The molecule has 8 heteroatoms. The minimum Gasteiger partial charge on any atom is -0.433 e. The number of nitrogens with one attached hydrogen (secondary N) is 1. The van der Waals surface area contributed by atoms with Crippen LogP contribution >= 0.6 is 0 Å². The van der Waals surface area contributed by atoms with Crippen LogP contribution in [0.1, 0.15) is 57.8 Å². The lowest BCUT2D eigenvalue weighted by Gasteiger charge is -2.43. The van der Waals surface area contributed by atoms with Crippen molar-refractivity contribution in [2.24, 2.45) is 0 Å².